The summed E-state index contributed by atoms with van der Waals surface area (Å²) in [4.78, 5) is 29.7. The Kier molecular flexibility index (Phi) is 4.91. The van der Waals surface area contributed by atoms with E-state index in [1.807, 2.05) is 42.5 Å². The van der Waals surface area contributed by atoms with Crippen LogP contribution in [0.4, 0.5) is 17.3 Å². The fourth-order valence-corrected chi connectivity index (χ4v) is 3.04. The zero-order chi connectivity index (χ0) is 18.5. The van der Waals surface area contributed by atoms with Gasteiger partial charge in [0.2, 0.25) is 5.95 Å². The number of nitrogens with zero attached hydrogens (tertiary/aromatic N) is 5. The van der Waals surface area contributed by atoms with Crippen molar-refractivity contribution in [1.82, 2.24) is 15.0 Å². The van der Waals surface area contributed by atoms with E-state index in [-0.39, 0.29) is 5.91 Å². The highest BCUT2D eigenvalue weighted by atomic mass is 16.1. The van der Waals surface area contributed by atoms with Crippen molar-refractivity contribution < 1.29 is 4.79 Å². The maximum Gasteiger partial charge on any atom is 0.274 e. The van der Waals surface area contributed by atoms with E-state index in [1.54, 1.807) is 24.7 Å². The van der Waals surface area contributed by atoms with Crippen LogP contribution in [0, 0.1) is 0 Å². The number of amides is 1. The molecular weight excluding hydrogens is 340 g/mol. The normalized spacial score (nSPS) is 14.1. The summed E-state index contributed by atoms with van der Waals surface area (Å²) in [6, 6.07) is 14.9. The van der Waals surface area contributed by atoms with Gasteiger partial charge in [-0.3, -0.25) is 4.79 Å². The number of benzene rings is 1. The molecule has 1 saturated heterocycles. The lowest BCUT2D eigenvalue weighted by Gasteiger charge is -2.35. The number of hydrogen-bond donors (Lipinski definition) is 1. The van der Waals surface area contributed by atoms with Crippen LogP contribution < -0.4 is 15.1 Å². The van der Waals surface area contributed by atoms with Crippen molar-refractivity contribution in [2.24, 2.45) is 0 Å². The SMILES string of the molecule is O=C(Nc1ccccc1)c1ccc(N2CCN(c3ncccn3)CC2)cn1. The molecule has 7 nitrogen and oxygen atoms in total. The summed E-state index contributed by atoms with van der Waals surface area (Å²) >= 11 is 0. The van der Waals surface area contributed by atoms with Crippen LogP contribution in [-0.2, 0) is 0 Å². The average Bonchev–Trinajstić information content (AvgIpc) is 2.75. The first kappa shape index (κ1) is 17.0. The number of nitrogens with one attached hydrogen (secondary N) is 1. The second-order valence-electron chi connectivity index (χ2n) is 6.24. The van der Waals surface area contributed by atoms with Crippen LogP contribution in [0.5, 0.6) is 0 Å². The van der Waals surface area contributed by atoms with E-state index >= 15 is 0 Å². The zero-order valence-corrected chi connectivity index (χ0v) is 14.8. The van der Waals surface area contributed by atoms with Crippen molar-refractivity contribution in [1.29, 1.82) is 0 Å². The Morgan fingerprint density at radius 1 is 0.815 bits per heavy atom. The summed E-state index contributed by atoms with van der Waals surface area (Å²) in [5.74, 6) is 0.557. The molecule has 1 fully saturated rings. The Morgan fingerprint density at radius 2 is 1.52 bits per heavy atom. The van der Waals surface area contributed by atoms with Gasteiger partial charge < -0.3 is 15.1 Å². The lowest BCUT2D eigenvalue weighted by Crippen LogP contribution is -2.47. The van der Waals surface area contributed by atoms with Crippen molar-refractivity contribution in [3.8, 4) is 0 Å². The third-order valence-electron chi connectivity index (χ3n) is 4.49. The maximum atomic E-state index is 12.3. The average molecular weight is 360 g/mol. The minimum Gasteiger partial charge on any atom is -0.367 e. The van der Waals surface area contributed by atoms with Gasteiger partial charge in [-0.25, -0.2) is 15.0 Å². The number of para-hydroxylation sites is 1. The molecule has 0 aliphatic carbocycles. The van der Waals surface area contributed by atoms with E-state index in [0.29, 0.717) is 5.69 Å². The highest BCUT2D eigenvalue weighted by Gasteiger charge is 2.19. The summed E-state index contributed by atoms with van der Waals surface area (Å²) in [5.41, 5.74) is 2.17. The summed E-state index contributed by atoms with van der Waals surface area (Å²) in [7, 11) is 0. The smallest absolute Gasteiger partial charge is 0.274 e. The molecule has 0 atom stereocenters. The van der Waals surface area contributed by atoms with Gasteiger partial charge in [-0.05, 0) is 30.3 Å². The topological polar surface area (TPSA) is 74.2 Å². The Hall–Kier alpha value is -3.48. The van der Waals surface area contributed by atoms with E-state index in [0.717, 1.165) is 43.5 Å². The number of anilines is 3. The van der Waals surface area contributed by atoms with Gasteiger partial charge in [0.05, 0.1) is 11.9 Å². The first-order valence-corrected chi connectivity index (χ1v) is 8.89. The number of carbonyl (C=O) groups excluding carboxylic acids is 1. The van der Waals surface area contributed by atoms with Crippen LogP contribution >= 0.6 is 0 Å². The van der Waals surface area contributed by atoms with Gasteiger partial charge in [-0.15, -0.1) is 0 Å². The van der Waals surface area contributed by atoms with E-state index < -0.39 is 0 Å². The number of pyridine rings is 1. The standard InChI is InChI=1S/C20H20N6O/c27-19(24-16-5-2-1-3-6-16)18-8-7-17(15-23-18)25-11-13-26(14-12-25)20-21-9-4-10-22-20/h1-10,15H,11-14H2,(H,24,27). The quantitative estimate of drug-likeness (QED) is 0.770. The van der Waals surface area contributed by atoms with Crippen molar-refractivity contribution in [2.45, 2.75) is 0 Å². The lowest BCUT2D eigenvalue weighted by atomic mass is 10.2. The first-order chi connectivity index (χ1) is 13.3. The molecule has 7 heteroatoms. The molecule has 0 bridgehead atoms. The molecular formula is C20H20N6O. The Labute approximate surface area is 157 Å². The molecule has 1 amide bonds. The number of aromatic nitrogens is 3. The van der Waals surface area contributed by atoms with Gasteiger partial charge >= 0.3 is 0 Å². The molecule has 4 rings (SSSR count). The molecule has 1 aliphatic heterocycles. The van der Waals surface area contributed by atoms with E-state index in [4.69, 9.17) is 0 Å². The molecule has 3 heterocycles. The van der Waals surface area contributed by atoms with Gasteiger partial charge in [0.25, 0.3) is 5.91 Å². The van der Waals surface area contributed by atoms with Crippen LogP contribution in [0.3, 0.4) is 0 Å². The molecule has 1 N–H and O–H groups in total. The minimum absolute atomic E-state index is 0.209. The van der Waals surface area contributed by atoms with E-state index in [1.165, 1.54) is 0 Å². The fourth-order valence-electron chi connectivity index (χ4n) is 3.04. The highest BCUT2D eigenvalue weighted by Crippen LogP contribution is 2.18. The van der Waals surface area contributed by atoms with E-state index in [9.17, 15) is 4.79 Å². The van der Waals surface area contributed by atoms with Crippen molar-refractivity contribution in [3.05, 3.63) is 72.8 Å². The largest absolute Gasteiger partial charge is 0.367 e. The molecule has 1 aromatic carbocycles. The van der Waals surface area contributed by atoms with Crippen molar-refractivity contribution in [2.75, 3.05) is 41.3 Å². The maximum absolute atomic E-state index is 12.3. The Bertz CT molecular complexity index is 877. The van der Waals surface area contributed by atoms with Gasteiger partial charge in [-0.1, -0.05) is 18.2 Å². The fraction of sp³-hybridized carbons (Fsp3) is 0.200. The summed E-state index contributed by atoms with van der Waals surface area (Å²) in [6.45, 7) is 3.41. The minimum atomic E-state index is -0.209. The third-order valence-corrected chi connectivity index (χ3v) is 4.49. The Morgan fingerprint density at radius 3 is 2.19 bits per heavy atom. The summed E-state index contributed by atoms with van der Waals surface area (Å²) in [6.07, 6.45) is 5.28. The third kappa shape index (κ3) is 4.03. The van der Waals surface area contributed by atoms with Gasteiger partial charge in [0.1, 0.15) is 5.69 Å². The zero-order valence-electron chi connectivity index (χ0n) is 14.8. The molecule has 2 aromatic heterocycles. The van der Waals surface area contributed by atoms with Crippen LogP contribution in [0.2, 0.25) is 0 Å². The first-order valence-electron chi connectivity index (χ1n) is 8.89. The molecule has 27 heavy (non-hydrogen) atoms. The molecule has 0 radical (unpaired) electrons. The number of rotatable bonds is 4. The van der Waals surface area contributed by atoms with Gasteiger partial charge in [0, 0.05) is 44.3 Å². The predicted molar refractivity (Wildman–Crippen MR) is 105 cm³/mol. The van der Waals surface area contributed by atoms with Gasteiger partial charge in [-0.2, -0.15) is 0 Å². The Balaban J connectivity index is 1.36. The number of hydrogen-bond acceptors (Lipinski definition) is 6. The monoisotopic (exact) mass is 360 g/mol. The van der Waals surface area contributed by atoms with Gasteiger partial charge in [0.15, 0.2) is 0 Å². The molecule has 0 saturated carbocycles. The number of carbonyl (C=O) groups is 1. The van der Waals surface area contributed by atoms with Crippen LogP contribution in [0.15, 0.2) is 67.1 Å². The number of piperazine rings is 1. The summed E-state index contributed by atoms with van der Waals surface area (Å²) < 4.78 is 0. The molecule has 136 valence electrons. The van der Waals surface area contributed by atoms with Crippen LogP contribution in [-0.4, -0.2) is 47.0 Å². The predicted octanol–water partition coefficient (Wildman–Crippen LogP) is 2.45. The van der Waals surface area contributed by atoms with Crippen molar-refractivity contribution in [3.63, 3.8) is 0 Å². The molecule has 1 aliphatic rings. The lowest BCUT2D eigenvalue weighted by molar-refractivity contribution is 0.102. The highest BCUT2D eigenvalue weighted by molar-refractivity contribution is 6.02. The van der Waals surface area contributed by atoms with Crippen LogP contribution in [0.1, 0.15) is 10.5 Å². The second-order valence-corrected chi connectivity index (χ2v) is 6.24. The van der Waals surface area contributed by atoms with Crippen molar-refractivity contribution >= 4 is 23.2 Å². The van der Waals surface area contributed by atoms with E-state index in [2.05, 4.69) is 30.1 Å². The molecule has 3 aromatic rings. The van der Waals surface area contributed by atoms with Crippen LogP contribution in [0.25, 0.3) is 0 Å². The second kappa shape index (κ2) is 7.82. The summed E-state index contributed by atoms with van der Waals surface area (Å²) in [5, 5.41) is 2.85. The molecule has 0 unspecified atom stereocenters. The molecule has 0 spiro atoms.